The molecule has 116 valence electrons. The van der Waals surface area contributed by atoms with Crippen LogP contribution in [0.2, 0.25) is 0 Å². The lowest BCUT2D eigenvalue weighted by Gasteiger charge is -2.24. The van der Waals surface area contributed by atoms with E-state index < -0.39 is 0 Å². The second kappa shape index (κ2) is 7.28. The largest absolute Gasteiger partial charge is 0.490 e. The maximum atomic E-state index is 9.17. The maximum absolute atomic E-state index is 9.17. The molecule has 1 heterocycles. The molecule has 1 aliphatic carbocycles. The number of benzene rings is 1. The van der Waals surface area contributed by atoms with Gasteiger partial charge in [-0.25, -0.2) is 0 Å². The Morgan fingerprint density at radius 3 is 2.81 bits per heavy atom. The monoisotopic (exact) mass is 289 g/mol. The molecule has 0 spiro atoms. The summed E-state index contributed by atoms with van der Waals surface area (Å²) in [7, 11) is 0. The van der Waals surface area contributed by atoms with Crippen LogP contribution in [-0.4, -0.2) is 35.3 Å². The van der Waals surface area contributed by atoms with Gasteiger partial charge in [0.1, 0.15) is 5.75 Å². The number of hydrogen-bond acceptors (Lipinski definition) is 3. The zero-order valence-electron chi connectivity index (χ0n) is 12.8. The van der Waals surface area contributed by atoms with Gasteiger partial charge < -0.3 is 9.84 Å². The molecule has 3 rings (SSSR count). The SMILES string of the molecule is OCC[C@H]1CCCN1Cc1cccc(OC2CCCC2)c1. The van der Waals surface area contributed by atoms with E-state index in [2.05, 4.69) is 29.2 Å². The van der Waals surface area contributed by atoms with Gasteiger partial charge in [0.25, 0.3) is 0 Å². The molecule has 0 aromatic heterocycles. The van der Waals surface area contributed by atoms with Crippen molar-refractivity contribution in [2.75, 3.05) is 13.2 Å². The minimum Gasteiger partial charge on any atom is -0.490 e. The van der Waals surface area contributed by atoms with E-state index >= 15 is 0 Å². The molecular formula is C18H27NO2. The molecule has 2 aliphatic rings. The molecule has 1 aliphatic heterocycles. The second-order valence-electron chi connectivity index (χ2n) is 6.45. The average Bonchev–Trinajstić information content (AvgIpc) is 3.13. The Hall–Kier alpha value is -1.06. The van der Waals surface area contributed by atoms with Gasteiger partial charge in [0.05, 0.1) is 6.10 Å². The summed E-state index contributed by atoms with van der Waals surface area (Å²) >= 11 is 0. The van der Waals surface area contributed by atoms with Crippen molar-refractivity contribution < 1.29 is 9.84 Å². The first-order valence-corrected chi connectivity index (χ1v) is 8.45. The Kier molecular flexibility index (Phi) is 5.15. The van der Waals surface area contributed by atoms with Gasteiger partial charge in [0, 0.05) is 19.2 Å². The molecule has 2 fully saturated rings. The van der Waals surface area contributed by atoms with Crippen LogP contribution < -0.4 is 4.74 Å². The zero-order valence-corrected chi connectivity index (χ0v) is 12.8. The summed E-state index contributed by atoms with van der Waals surface area (Å²) < 4.78 is 6.10. The highest BCUT2D eigenvalue weighted by atomic mass is 16.5. The summed E-state index contributed by atoms with van der Waals surface area (Å²) in [5, 5.41) is 9.17. The van der Waals surface area contributed by atoms with Crippen LogP contribution in [0, 0.1) is 0 Å². The third kappa shape index (κ3) is 3.98. The van der Waals surface area contributed by atoms with Gasteiger partial charge in [-0.15, -0.1) is 0 Å². The number of likely N-dealkylation sites (tertiary alicyclic amines) is 1. The van der Waals surface area contributed by atoms with Crippen LogP contribution >= 0.6 is 0 Å². The van der Waals surface area contributed by atoms with E-state index in [0.717, 1.165) is 25.3 Å². The topological polar surface area (TPSA) is 32.7 Å². The Morgan fingerprint density at radius 2 is 2.00 bits per heavy atom. The molecule has 1 N–H and O–H groups in total. The first-order chi connectivity index (χ1) is 10.3. The smallest absolute Gasteiger partial charge is 0.120 e. The Labute approximate surface area is 127 Å². The van der Waals surface area contributed by atoms with Crippen molar-refractivity contribution in [3.05, 3.63) is 29.8 Å². The summed E-state index contributed by atoms with van der Waals surface area (Å²) in [5.41, 5.74) is 1.33. The molecule has 21 heavy (non-hydrogen) atoms. The molecule has 1 aromatic carbocycles. The number of nitrogens with zero attached hydrogens (tertiary/aromatic N) is 1. The summed E-state index contributed by atoms with van der Waals surface area (Å²) in [6.45, 7) is 2.43. The molecule has 0 amide bonds. The molecule has 0 bridgehead atoms. The van der Waals surface area contributed by atoms with E-state index in [9.17, 15) is 0 Å². The molecule has 0 unspecified atom stereocenters. The van der Waals surface area contributed by atoms with Crippen molar-refractivity contribution in [3.8, 4) is 5.75 Å². The van der Waals surface area contributed by atoms with Crippen molar-refractivity contribution in [2.24, 2.45) is 0 Å². The molecular weight excluding hydrogens is 262 g/mol. The quantitative estimate of drug-likeness (QED) is 0.871. The van der Waals surface area contributed by atoms with E-state index in [1.807, 2.05) is 0 Å². The van der Waals surface area contributed by atoms with Crippen LogP contribution in [-0.2, 0) is 6.54 Å². The number of rotatable bonds is 6. The Balaban J connectivity index is 1.59. The highest BCUT2D eigenvalue weighted by molar-refractivity contribution is 5.29. The van der Waals surface area contributed by atoms with Crippen molar-refractivity contribution in [1.82, 2.24) is 4.90 Å². The van der Waals surface area contributed by atoms with Crippen LogP contribution in [0.4, 0.5) is 0 Å². The van der Waals surface area contributed by atoms with Crippen molar-refractivity contribution in [3.63, 3.8) is 0 Å². The predicted molar refractivity (Wildman–Crippen MR) is 84.5 cm³/mol. The summed E-state index contributed by atoms with van der Waals surface area (Å²) in [5.74, 6) is 1.03. The third-order valence-corrected chi connectivity index (χ3v) is 4.85. The number of aliphatic hydroxyl groups is 1. The first-order valence-electron chi connectivity index (χ1n) is 8.45. The van der Waals surface area contributed by atoms with E-state index in [1.54, 1.807) is 0 Å². The van der Waals surface area contributed by atoms with Crippen LogP contribution in [0.25, 0.3) is 0 Å². The van der Waals surface area contributed by atoms with Gasteiger partial charge in [-0.3, -0.25) is 4.90 Å². The standard InChI is InChI=1S/C18H27NO2/c20-12-10-16-6-4-11-19(16)14-15-5-3-9-18(13-15)21-17-7-1-2-8-17/h3,5,9,13,16-17,20H,1-2,4,6-8,10-12,14H2/t16-/m1/s1. The van der Waals surface area contributed by atoms with Gasteiger partial charge in [-0.1, -0.05) is 12.1 Å². The van der Waals surface area contributed by atoms with E-state index in [1.165, 1.54) is 44.1 Å². The van der Waals surface area contributed by atoms with E-state index in [4.69, 9.17) is 9.84 Å². The van der Waals surface area contributed by atoms with E-state index in [-0.39, 0.29) is 0 Å². The molecule has 1 saturated heterocycles. The average molecular weight is 289 g/mol. The predicted octanol–water partition coefficient (Wildman–Crippen LogP) is 3.35. The normalized spacial score (nSPS) is 23.8. The van der Waals surface area contributed by atoms with Crippen LogP contribution in [0.3, 0.4) is 0 Å². The van der Waals surface area contributed by atoms with Crippen LogP contribution in [0.1, 0.15) is 50.5 Å². The van der Waals surface area contributed by atoms with Crippen molar-refractivity contribution in [1.29, 1.82) is 0 Å². The van der Waals surface area contributed by atoms with Gasteiger partial charge in [-0.2, -0.15) is 0 Å². The fourth-order valence-corrected chi connectivity index (χ4v) is 3.73. The Bertz CT molecular complexity index is 443. The minimum absolute atomic E-state index is 0.298. The summed E-state index contributed by atoms with van der Waals surface area (Å²) in [6.07, 6.45) is 8.82. The summed E-state index contributed by atoms with van der Waals surface area (Å²) in [4.78, 5) is 2.50. The number of ether oxygens (including phenoxy) is 1. The lowest BCUT2D eigenvalue weighted by molar-refractivity contribution is 0.188. The molecule has 3 heteroatoms. The highest BCUT2D eigenvalue weighted by Crippen LogP contribution is 2.26. The van der Waals surface area contributed by atoms with Gasteiger partial charge in [0.15, 0.2) is 0 Å². The molecule has 3 nitrogen and oxygen atoms in total. The number of hydrogen-bond donors (Lipinski definition) is 1. The zero-order chi connectivity index (χ0) is 14.5. The third-order valence-electron chi connectivity index (χ3n) is 4.85. The molecule has 1 saturated carbocycles. The van der Waals surface area contributed by atoms with Crippen LogP contribution in [0.5, 0.6) is 5.75 Å². The lowest BCUT2D eigenvalue weighted by atomic mass is 10.1. The minimum atomic E-state index is 0.298. The van der Waals surface area contributed by atoms with Gasteiger partial charge >= 0.3 is 0 Å². The fraction of sp³-hybridized carbons (Fsp3) is 0.667. The van der Waals surface area contributed by atoms with Gasteiger partial charge in [0.2, 0.25) is 0 Å². The fourth-order valence-electron chi connectivity index (χ4n) is 3.73. The maximum Gasteiger partial charge on any atom is 0.120 e. The molecule has 0 radical (unpaired) electrons. The number of aliphatic hydroxyl groups excluding tert-OH is 1. The van der Waals surface area contributed by atoms with E-state index in [0.29, 0.717) is 18.8 Å². The van der Waals surface area contributed by atoms with Gasteiger partial charge in [-0.05, 0) is 69.2 Å². The molecule has 1 aromatic rings. The van der Waals surface area contributed by atoms with Crippen molar-refractivity contribution in [2.45, 2.75) is 63.6 Å². The Morgan fingerprint density at radius 1 is 1.14 bits per heavy atom. The first kappa shape index (κ1) is 14.9. The molecule has 1 atom stereocenters. The van der Waals surface area contributed by atoms with Crippen LogP contribution in [0.15, 0.2) is 24.3 Å². The lowest BCUT2D eigenvalue weighted by Crippen LogP contribution is -2.29. The second-order valence-corrected chi connectivity index (χ2v) is 6.45. The summed E-state index contributed by atoms with van der Waals surface area (Å²) in [6, 6.07) is 9.13. The van der Waals surface area contributed by atoms with Crippen molar-refractivity contribution >= 4 is 0 Å². The highest BCUT2D eigenvalue weighted by Gasteiger charge is 2.24.